The largest absolute Gasteiger partial charge is 0.496 e. The van der Waals surface area contributed by atoms with Crippen LogP contribution in [0.25, 0.3) is 6.08 Å². The smallest absolute Gasteiger partial charge is 0.331 e. The maximum absolute atomic E-state index is 11.8. The zero-order valence-corrected chi connectivity index (χ0v) is 14.7. The first-order valence-corrected chi connectivity index (χ1v) is 7.84. The van der Waals surface area contributed by atoms with Crippen LogP contribution in [0.3, 0.4) is 0 Å². The third-order valence-corrected chi connectivity index (χ3v) is 3.44. The number of carbonyl (C=O) groups is 2. The van der Waals surface area contributed by atoms with Crippen LogP contribution >= 0.6 is 23.2 Å². The van der Waals surface area contributed by atoms with Crippen molar-refractivity contribution in [1.82, 2.24) is 4.98 Å². The van der Waals surface area contributed by atoms with E-state index < -0.39 is 18.5 Å². The second-order valence-corrected chi connectivity index (χ2v) is 5.56. The zero-order chi connectivity index (χ0) is 18.2. The van der Waals surface area contributed by atoms with Gasteiger partial charge in [-0.3, -0.25) is 4.79 Å². The molecule has 1 aromatic heterocycles. The van der Waals surface area contributed by atoms with E-state index in [1.165, 1.54) is 31.5 Å². The molecule has 1 aromatic carbocycles. The number of ether oxygens (including phenoxy) is 2. The third-order valence-electron chi connectivity index (χ3n) is 2.95. The Morgan fingerprint density at radius 1 is 1.28 bits per heavy atom. The van der Waals surface area contributed by atoms with Crippen LogP contribution < -0.4 is 10.1 Å². The maximum Gasteiger partial charge on any atom is 0.331 e. The van der Waals surface area contributed by atoms with Gasteiger partial charge in [0.1, 0.15) is 5.75 Å². The van der Waals surface area contributed by atoms with Crippen molar-refractivity contribution >= 4 is 47.0 Å². The summed E-state index contributed by atoms with van der Waals surface area (Å²) >= 11 is 11.6. The van der Waals surface area contributed by atoms with Crippen LogP contribution in [0.5, 0.6) is 5.75 Å². The summed E-state index contributed by atoms with van der Waals surface area (Å²) in [5.74, 6) is -0.489. The second-order valence-electron chi connectivity index (χ2n) is 4.72. The van der Waals surface area contributed by atoms with E-state index in [9.17, 15) is 9.59 Å². The van der Waals surface area contributed by atoms with Gasteiger partial charge in [0.05, 0.1) is 17.2 Å². The van der Waals surface area contributed by atoms with Gasteiger partial charge in [0.25, 0.3) is 5.91 Å². The highest BCUT2D eigenvalue weighted by Crippen LogP contribution is 2.22. The summed E-state index contributed by atoms with van der Waals surface area (Å²) in [5, 5.41) is 2.95. The molecule has 0 aliphatic rings. The minimum Gasteiger partial charge on any atom is -0.496 e. The highest BCUT2D eigenvalue weighted by atomic mass is 35.5. The van der Waals surface area contributed by atoms with E-state index in [0.717, 1.165) is 0 Å². The first kappa shape index (κ1) is 18.8. The maximum atomic E-state index is 11.8. The monoisotopic (exact) mass is 380 g/mol. The first-order chi connectivity index (χ1) is 12.0. The molecule has 0 fully saturated rings. The van der Waals surface area contributed by atoms with Crippen molar-refractivity contribution in [3.63, 3.8) is 0 Å². The molecule has 0 aliphatic carbocycles. The van der Waals surface area contributed by atoms with E-state index in [1.54, 1.807) is 12.1 Å². The molecule has 0 bridgehead atoms. The number of benzene rings is 1. The Labute approximate surface area is 154 Å². The SMILES string of the molecule is COc1ccccc1C=CC(=O)OCC(=O)Nc1ncc(Cl)cc1Cl. The number of para-hydroxylation sites is 1. The Hall–Kier alpha value is -2.57. The lowest BCUT2D eigenvalue weighted by Gasteiger charge is -2.06. The molecule has 0 spiro atoms. The summed E-state index contributed by atoms with van der Waals surface area (Å²) in [7, 11) is 1.53. The number of carbonyl (C=O) groups excluding carboxylic acids is 2. The average molecular weight is 381 g/mol. The zero-order valence-electron chi connectivity index (χ0n) is 13.2. The van der Waals surface area contributed by atoms with Crippen molar-refractivity contribution in [3.05, 3.63) is 58.2 Å². The molecule has 0 unspecified atom stereocenters. The van der Waals surface area contributed by atoms with Crippen molar-refractivity contribution in [1.29, 1.82) is 0 Å². The first-order valence-electron chi connectivity index (χ1n) is 7.08. The number of nitrogens with one attached hydrogen (secondary N) is 1. The van der Waals surface area contributed by atoms with Crippen molar-refractivity contribution in [2.75, 3.05) is 19.0 Å². The lowest BCUT2D eigenvalue weighted by molar-refractivity contribution is -0.142. The number of nitrogens with zero attached hydrogens (tertiary/aromatic N) is 1. The lowest BCUT2D eigenvalue weighted by Crippen LogP contribution is -2.20. The topological polar surface area (TPSA) is 77.5 Å². The van der Waals surface area contributed by atoms with Gasteiger partial charge < -0.3 is 14.8 Å². The highest BCUT2D eigenvalue weighted by molar-refractivity contribution is 6.36. The molecule has 25 heavy (non-hydrogen) atoms. The number of rotatable bonds is 6. The minimum absolute atomic E-state index is 0.136. The number of esters is 1. The third kappa shape index (κ3) is 5.77. The van der Waals surface area contributed by atoms with Crippen LogP contribution in [-0.4, -0.2) is 30.6 Å². The van der Waals surface area contributed by atoms with Crippen molar-refractivity contribution < 1.29 is 19.1 Å². The summed E-state index contributed by atoms with van der Waals surface area (Å²) < 4.78 is 10.0. The Morgan fingerprint density at radius 2 is 2.04 bits per heavy atom. The predicted molar refractivity (Wildman–Crippen MR) is 95.9 cm³/mol. The highest BCUT2D eigenvalue weighted by Gasteiger charge is 2.10. The number of halogens is 2. The van der Waals surface area contributed by atoms with Gasteiger partial charge in [0.2, 0.25) is 0 Å². The van der Waals surface area contributed by atoms with Gasteiger partial charge >= 0.3 is 5.97 Å². The normalized spacial score (nSPS) is 10.5. The molecule has 130 valence electrons. The molecule has 1 N–H and O–H groups in total. The van der Waals surface area contributed by atoms with Gasteiger partial charge in [-0.25, -0.2) is 9.78 Å². The van der Waals surface area contributed by atoms with Crippen LogP contribution in [-0.2, 0) is 14.3 Å². The van der Waals surface area contributed by atoms with Crippen molar-refractivity contribution in [2.24, 2.45) is 0 Å². The molecule has 0 radical (unpaired) electrons. The summed E-state index contributed by atoms with van der Waals surface area (Å²) in [4.78, 5) is 27.3. The van der Waals surface area contributed by atoms with Crippen LogP contribution in [0.4, 0.5) is 5.82 Å². The fraction of sp³-hybridized carbons (Fsp3) is 0.118. The lowest BCUT2D eigenvalue weighted by atomic mass is 10.2. The number of hydrogen-bond donors (Lipinski definition) is 1. The molecule has 0 saturated heterocycles. The van der Waals surface area contributed by atoms with Crippen molar-refractivity contribution in [3.8, 4) is 5.75 Å². The molecule has 1 amide bonds. The summed E-state index contributed by atoms with van der Waals surface area (Å²) in [5.41, 5.74) is 0.712. The van der Waals surface area contributed by atoms with E-state index >= 15 is 0 Å². The molecule has 8 heteroatoms. The molecule has 0 saturated carbocycles. The van der Waals surface area contributed by atoms with E-state index in [4.69, 9.17) is 32.7 Å². The molecule has 0 atom stereocenters. The molecule has 0 aliphatic heterocycles. The van der Waals surface area contributed by atoms with E-state index in [0.29, 0.717) is 16.3 Å². The Morgan fingerprint density at radius 3 is 2.76 bits per heavy atom. The Kier molecular flexibility index (Phi) is 6.80. The summed E-state index contributed by atoms with van der Waals surface area (Å²) in [6.45, 7) is -0.476. The van der Waals surface area contributed by atoms with E-state index in [-0.39, 0.29) is 10.8 Å². The Bertz CT molecular complexity index is 809. The number of pyridine rings is 1. The number of amides is 1. The van der Waals surface area contributed by atoms with Gasteiger partial charge in [-0.05, 0) is 18.2 Å². The quantitative estimate of drug-likeness (QED) is 0.611. The van der Waals surface area contributed by atoms with Gasteiger partial charge in [-0.15, -0.1) is 0 Å². The fourth-order valence-electron chi connectivity index (χ4n) is 1.82. The molecule has 2 aromatic rings. The molecular weight excluding hydrogens is 367 g/mol. The van der Waals surface area contributed by atoms with E-state index in [2.05, 4.69) is 10.3 Å². The number of anilines is 1. The van der Waals surface area contributed by atoms with E-state index in [1.807, 2.05) is 12.1 Å². The van der Waals surface area contributed by atoms with Gasteiger partial charge in [-0.1, -0.05) is 41.4 Å². The molecule has 1 heterocycles. The van der Waals surface area contributed by atoms with Gasteiger partial charge in [0, 0.05) is 17.8 Å². The van der Waals surface area contributed by atoms with Gasteiger partial charge in [0.15, 0.2) is 12.4 Å². The number of methoxy groups -OCH3 is 1. The van der Waals surface area contributed by atoms with Gasteiger partial charge in [-0.2, -0.15) is 0 Å². The standard InChI is InChI=1S/C17H14Cl2N2O4/c1-24-14-5-3-2-4-11(14)6-7-16(23)25-10-15(22)21-17-13(19)8-12(18)9-20-17/h2-9H,10H2,1H3,(H,20,21,22). The summed E-state index contributed by atoms with van der Waals surface area (Å²) in [6.07, 6.45) is 4.08. The van der Waals surface area contributed by atoms with Crippen LogP contribution in [0, 0.1) is 0 Å². The molecule has 6 nitrogen and oxygen atoms in total. The van der Waals surface area contributed by atoms with Crippen molar-refractivity contribution in [2.45, 2.75) is 0 Å². The molecular formula is C17H14Cl2N2O4. The minimum atomic E-state index is -0.670. The van der Waals surface area contributed by atoms with Crippen LogP contribution in [0.1, 0.15) is 5.56 Å². The van der Waals surface area contributed by atoms with Crippen LogP contribution in [0.15, 0.2) is 42.6 Å². The number of hydrogen-bond acceptors (Lipinski definition) is 5. The van der Waals surface area contributed by atoms with Crippen LogP contribution in [0.2, 0.25) is 10.0 Å². The second kappa shape index (κ2) is 9.05. The average Bonchev–Trinajstić information content (AvgIpc) is 2.60. The molecule has 2 rings (SSSR count). The number of aromatic nitrogens is 1. The predicted octanol–water partition coefficient (Wildman–Crippen LogP) is 3.59. The Balaban J connectivity index is 1.87. The summed E-state index contributed by atoms with van der Waals surface area (Å²) in [6, 6.07) is 8.61. The fourth-order valence-corrected chi connectivity index (χ4v) is 2.25.